The maximum Gasteiger partial charge on any atom is 0.310 e. The van der Waals surface area contributed by atoms with Crippen molar-refractivity contribution in [2.75, 3.05) is 0 Å². The van der Waals surface area contributed by atoms with Crippen molar-refractivity contribution < 1.29 is 14.6 Å². The van der Waals surface area contributed by atoms with Crippen molar-refractivity contribution in [1.82, 2.24) is 0 Å². The van der Waals surface area contributed by atoms with E-state index in [2.05, 4.69) is 27.4 Å². The molecule has 3 heteroatoms. The molecule has 0 aromatic heterocycles. The Morgan fingerprint density at radius 2 is 2.16 bits per heavy atom. The highest BCUT2D eigenvalue weighted by Gasteiger charge is 2.59. The third-order valence-corrected chi connectivity index (χ3v) is 5.24. The van der Waals surface area contributed by atoms with Crippen LogP contribution in [0.4, 0.5) is 0 Å². The van der Waals surface area contributed by atoms with Crippen LogP contribution in [0.5, 0.6) is 0 Å². The summed E-state index contributed by atoms with van der Waals surface area (Å²) >= 11 is 0. The quantitative estimate of drug-likeness (QED) is 0.628. The van der Waals surface area contributed by atoms with E-state index in [1.807, 2.05) is 6.92 Å². The average molecular weight is 266 g/mol. The molecule has 0 amide bonds. The molecule has 1 N–H and O–H groups in total. The molecule has 0 radical (unpaired) electrons. The summed E-state index contributed by atoms with van der Waals surface area (Å²) in [5.74, 6) is 0.733. The summed E-state index contributed by atoms with van der Waals surface area (Å²) in [6.07, 6.45) is 1.89. The third-order valence-electron chi connectivity index (χ3n) is 5.24. The van der Waals surface area contributed by atoms with Gasteiger partial charge in [-0.05, 0) is 38.0 Å². The van der Waals surface area contributed by atoms with Crippen molar-refractivity contribution >= 4 is 5.97 Å². The Hall–Kier alpha value is -0.830. The van der Waals surface area contributed by atoms with Crippen molar-refractivity contribution in [2.45, 2.75) is 58.7 Å². The van der Waals surface area contributed by atoms with Crippen LogP contribution in [0.15, 0.2) is 12.2 Å². The van der Waals surface area contributed by atoms with Gasteiger partial charge in [0.15, 0.2) is 0 Å². The van der Waals surface area contributed by atoms with E-state index in [9.17, 15) is 9.90 Å². The summed E-state index contributed by atoms with van der Waals surface area (Å²) in [6.45, 7) is 12.2. The second kappa shape index (κ2) is 4.93. The van der Waals surface area contributed by atoms with E-state index in [1.54, 1.807) is 0 Å². The Bertz CT molecular complexity index is 387. The fourth-order valence-electron chi connectivity index (χ4n) is 3.60. The van der Waals surface area contributed by atoms with E-state index in [0.29, 0.717) is 18.3 Å². The Labute approximate surface area is 116 Å². The fourth-order valence-corrected chi connectivity index (χ4v) is 3.60. The predicted molar refractivity (Wildman–Crippen MR) is 74.5 cm³/mol. The molecule has 0 spiro atoms. The zero-order chi connectivity index (χ0) is 14.4. The van der Waals surface area contributed by atoms with Crippen molar-refractivity contribution in [3.8, 4) is 0 Å². The summed E-state index contributed by atoms with van der Waals surface area (Å²) in [4.78, 5) is 12.1. The number of cyclic esters (lactones) is 1. The van der Waals surface area contributed by atoms with Gasteiger partial charge in [-0.15, -0.1) is 0 Å². The molecular weight excluding hydrogens is 240 g/mol. The molecule has 1 saturated heterocycles. The number of hydrogen-bond donors (Lipinski definition) is 1. The number of esters is 1. The summed E-state index contributed by atoms with van der Waals surface area (Å²) in [5, 5.41) is 10.5. The molecule has 0 bridgehead atoms. The molecule has 1 aliphatic carbocycles. The second-order valence-corrected chi connectivity index (χ2v) is 6.82. The number of aliphatic hydroxyl groups excluding tert-OH is 1. The lowest BCUT2D eigenvalue weighted by Crippen LogP contribution is -2.45. The molecule has 108 valence electrons. The van der Waals surface area contributed by atoms with E-state index in [-0.39, 0.29) is 17.8 Å². The molecule has 0 unspecified atom stereocenters. The van der Waals surface area contributed by atoms with E-state index < -0.39 is 11.7 Å². The molecule has 19 heavy (non-hydrogen) atoms. The van der Waals surface area contributed by atoms with Crippen molar-refractivity contribution in [3.05, 3.63) is 12.2 Å². The van der Waals surface area contributed by atoms with Crippen LogP contribution in [0.2, 0.25) is 0 Å². The van der Waals surface area contributed by atoms with Gasteiger partial charge in [-0.2, -0.15) is 0 Å². The van der Waals surface area contributed by atoms with Crippen LogP contribution in [0.1, 0.15) is 47.0 Å². The van der Waals surface area contributed by atoms with E-state index in [1.165, 1.54) is 0 Å². The molecule has 1 heterocycles. The standard InChI is InChI=1S/C16H26O3/c1-9(2)11(4)8-13(17)16(5)12-7-6-10(3)14(12)15(18)19-16/h9-10,12-14,17H,4,6-8H2,1-3,5H3/t10-,12-,13-,14+,16+/m0/s1. The number of aliphatic hydroxyl groups is 1. The molecule has 2 rings (SSSR count). The SMILES string of the molecule is C=C(C[C@H](O)[C@]1(C)OC(=O)[C@@H]2[C@@H](C)CC[C@@H]21)C(C)C. The number of carbonyl (C=O) groups is 1. The van der Waals surface area contributed by atoms with Crippen molar-refractivity contribution in [1.29, 1.82) is 0 Å². The normalized spacial score (nSPS) is 39.3. The molecule has 0 aromatic carbocycles. The van der Waals surface area contributed by atoms with Gasteiger partial charge in [0.2, 0.25) is 0 Å². The number of hydrogen-bond acceptors (Lipinski definition) is 3. The highest BCUT2D eigenvalue weighted by atomic mass is 16.6. The minimum absolute atomic E-state index is 0.0213. The van der Waals surface area contributed by atoms with Gasteiger partial charge in [0.05, 0.1) is 12.0 Å². The topological polar surface area (TPSA) is 46.5 Å². The Balaban J connectivity index is 2.14. The first-order valence-electron chi connectivity index (χ1n) is 7.36. The molecule has 0 aromatic rings. The van der Waals surface area contributed by atoms with Gasteiger partial charge in [-0.25, -0.2) is 0 Å². The monoisotopic (exact) mass is 266 g/mol. The van der Waals surface area contributed by atoms with Crippen LogP contribution in [0, 0.1) is 23.7 Å². The van der Waals surface area contributed by atoms with Crippen LogP contribution in [-0.2, 0) is 9.53 Å². The van der Waals surface area contributed by atoms with Crippen LogP contribution in [-0.4, -0.2) is 22.8 Å². The first kappa shape index (κ1) is 14.6. The van der Waals surface area contributed by atoms with E-state index in [0.717, 1.165) is 18.4 Å². The molecule has 3 nitrogen and oxygen atoms in total. The summed E-state index contributed by atoms with van der Waals surface area (Å²) in [6, 6.07) is 0. The molecule has 1 aliphatic heterocycles. The van der Waals surface area contributed by atoms with Crippen LogP contribution in [0.25, 0.3) is 0 Å². The van der Waals surface area contributed by atoms with Crippen LogP contribution < -0.4 is 0 Å². The Kier molecular flexibility index (Phi) is 3.78. The second-order valence-electron chi connectivity index (χ2n) is 6.82. The number of carbonyl (C=O) groups excluding carboxylic acids is 1. The maximum atomic E-state index is 12.1. The smallest absolute Gasteiger partial charge is 0.310 e. The molecule has 2 fully saturated rings. The lowest BCUT2D eigenvalue weighted by molar-refractivity contribution is -0.161. The maximum absolute atomic E-state index is 12.1. The highest BCUT2D eigenvalue weighted by molar-refractivity contribution is 5.77. The molecule has 2 aliphatic rings. The first-order valence-corrected chi connectivity index (χ1v) is 7.36. The minimum atomic E-state index is -0.732. The van der Waals surface area contributed by atoms with Gasteiger partial charge in [0.1, 0.15) is 5.60 Å². The van der Waals surface area contributed by atoms with Crippen LogP contribution >= 0.6 is 0 Å². The zero-order valence-electron chi connectivity index (χ0n) is 12.5. The number of rotatable bonds is 4. The molecular formula is C16H26O3. The van der Waals surface area contributed by atoms with Gasteiger partial charge in [0.25, 0.3) is 0 Å². The van der Waals surface area contributed by atoms with Crippen molar-refractivity contribution in [2.24, 2.45) is 23.7 Å². The van der Waals surface area contributed by atoms with Crippen LogP contribution in [0.3, 0.4) is 0 Å². The summed E-state index contributed by atoms with van der Waals surface area (Å²) in [5.41, 5.74) is 0.281. The van der Waals surface area contributed by atoms with Gasteiger partial charge in [-0.1, -0.05) is 32.9 Å². The molecule has 5 atom stereocenters. The van der Waals surface area contributed by atoms with E-state index in [4.69, 9.17) is 4.74 Å². The average Bonchev–Trinajstić information content (AvgIpc) is 2.81. The number of fused-ring (bicyclic) bond motifs is 1. The number of ether oxygens (including phenoxy) is 1. The summed E-state index contributed by atoms with van der Waals surface area (Å²) < 4.78 is 5.60. The fraction of sp³-hybridized carbons (Fsp3) is 0.812. The van der Waals surface area contributed by atoms with E-state index >= 15 is 0 Å². The summed E-state index contributed by atoms with van der Waals surface area (Å²) in [7, 11) is 0. The van der Waals surface area contributed by atoms with Crippen molar-refractivity contribution in [3.63, 3.8) is 0 Å². The van der Waals surface area contributed by atoms with Gasteiger partial charge in [0, 0.05) is 5.92 Å². The molecule has 1 saturated carbocycles. The van der Waals surface area contributed by atoms with Gasteiger partial charge < -0.3 is 9.84 Å². The van der Waals surface area contributed by atoms with Gasteiger partial charge >= 0.3 is 5.97 Å². The largest absolute Gasteiger partial charge is 0.456 e. The zero-order valence-corrected chi connectivity index (χ0v) is 12.5. The lowest BCUT2D eigenvalue weighted by Gasteiger charge is -2.34. The predicted octanol–water partition coefficient (Wildman–Crippen LogP) is 2.93. The Morgan fingerprint density at radius 1 is 1.53 bits per heavy atom. The lowest BCUT2D eigenvalue weighted by atomic mass is 9.77. The Morgan fingerprint density at radius 3 is 2.74 bits per heavy atom. The first-order chi connectivity index (χ1) is 8.77. The third kappa shape index (κ3) is 2.33. The minimum Gasteiger partial charge on any atom is -0.456 e. The highest BCUT2D eigenvalue weighted by Crippen LogP contribution is 2.52. The van der Waals surface area contributed by atoms with Gasteiger partial charge in [-0.3, -0.25) is 4.79 Å².